The summed E-state index contributed by atoms with van der Waals surface area (Å²) < 4.78 is 5.95. The number of anilines is 1. The minimum atomic E-state index is 0.0974. The Kier molecular flexibility index (Phi) is 4.33. The quantitative estimate of drug-likeness (QED) is 0.934. The van der Waals surface area contributed by atoms with Gasteiger partial charge in [-0.3, -0.25) is 0 Å². The Hall–Kier alpha value is -1.40. The number of nitrogens with zero attached hydrogens (tertiary/aromatic N) is 3. The Labute approximate surface area is 118 Å². The Morgan fingerprint density at radius 2 is 1.94 bits per heavy atom. The number of benzene rings is 1. The first-order valence-electron chi connectivity index (χ1n) is 5.11. The fourth-order valence-corrected chi connectivity index (χ4v) is 1.70. The molecule has 5 nitrogen and oxygen atoms in total. The molecule has 0 saturated heterocycles. The van der Waals surface area contributed by atoms with E-state index in [0.29, 0.717) is 12.5 Å². The van der Waals surface area contributed by atoms with Crippen molar-refractivity contribution in [2.24, 2.45) is 0 Å². The van der Waals surface area contributed by atoms with Crippen molar-refractivity contribution in [3.63, 3.8) is 0 Å². The van der Waals surface area contributed by atoms with Gasteiger partial charge in [-0.15, -0.1) is 0 Å². The molecular weight excluding hydrogens is 320 g/mol. The molecule has 94 valence electrons. The topological polar surface area (TPSA) is 59.9 Å². The van der Waals surface area contributed by atoms with E-state index in [1.54, 1.807) is 0 Å². The van der Waals surface area contributed by atoms with E-state index in [2.05, 4.69) is 36.2 Å². The molecule has 0 radical (unpaired) electrons. The largest absolute Gasteiger partial charge is 0.467 e. The molecule has 2 aromatic rings. The van der Waals surface area contributed by atoms with Gasteiger partial charge in [0.25, 0.3) is 0 Å². The molecular formula is C11H10BrClN4O. The molecule has 0 atom stereocenters. The predicted octanol–water partition coefficient (Wildman–Crippen LogP) is 2.91. The molecule has 1 aromatic heterocycles. The summed E-state index contributed by atoms with van der Waals surface area (Å²) in [7, 11) is 1.48. The van der Waals surface area contributed by atoms with Gasteiger partial charge in [-0.25, -0.2) is 0 Å². The van der Waals surface area contributed by atoms with E-state index >= 15 is 0 Å². The Bertz CT molecular complexity index is 535. The van der Waals surface area contributed by atoms with Gasteiger partial charge in [-0.05, 0) is 29.3 Å². The molecule has 0 aliphatic rings. The number of rotatable bonds is 4. The van der Waals surface area contributed by atoms with Crippen molar-refractivity contribution in [3.05, 3.63) is 39.6 Å². The molecule has 0 aliphatic carbocycles. The molecule has 7 heteroatoms. The van der Waals surface area contributed by atoms with E-state index in [0.717, 1.165) is 10.0 Å². The van der Waals surface area contributed by atoms with Crippen LogP contribution in [0.4, 0.5) is 5.95 Å². The second kappa shape index (κ2) is 5.97. The van der Waals surface area contributed by atoms with E-state index in [1.165, 1.54) is 7.11 Å². The van der Waals surface area contributed by atoms with Crippen LogP contribution < -0.4 is 10.1 Å². The summed E-state index contributed by atoms with van der Waals surface area (Å²) in [5, 5.41) is 3.15. The molecule has 0 unspecified atom stereocenters. The second-order valence-electron chi connectivity index (χ2n) is 3.39. The average Bonchev–Trinajstić information content (AvgIpc) is 2.37. The van der Waals surface area contributed by atoms with Gasteiger partial charge < -0.3 is 10.1 Å². The van der Waals surface area contributed by atoms with Gasteiger partial charge in [0.05, 0.1) is 7.11 Å². The lowest BCUT2D eigenvalue weighted by molar-refractivity contribution is 0.379. The van der Waals surface area contributed by atoms with Crippen LogP contribution in [-0.4, -0.2) is 22.1 Å². The van der Waals surface area contributed by atoms with E-state index in [-0.39, 0.29) is 11.3 Å². The minimum absolute atomic E-state index is 0.0974. The van der Waals surface area contributed by atoms with Crippen molar-refractivity contribution in [2.75, 3.05) is 12.4 Å². The summed E-state index contributed by atoms with van der Waals surface area (Å²) in [6, 6.07) is 8.12. The van der Waals surface area contributed by atoms with Crippen LogP contribution in [0.15, 0.2) is 28.7 Å². The molecule has 0 bridgehead atoms. The summed E-state index contributed by atoms with van der Waals surface area (Å²) in [5.41, 5.74) is 1.11. The standard InChI is InChI=1S/C11H10BrClN4O/c1-18-11-16-9(13)15-10(17-11)14-6-7-2-4-8(12)5-3-7/h2-5H,6H2,1H3,(H,14,15,16,17). The Morgan fingerprint density at radius 1 is 1.22 bits per heavy atom. The number of halogens is 2. The smallest absolute Gasteiger partial charge is 0.322 e. The highest BCUT2D eigenvalue weighted by molar-refractivity contribution is 9.10. The summed E-state index contributed by atoms with van der Waals surface area (Å²) in [6.07, 6.45) is 0. The van der Waals surface area contributed by atoms with Crippen LogP contribution in [0.2, 0.25) is 5.28 Å². The molecule has 1 heterocycles. The van der Waals surface area contributed by atoms with Crippen molar-refractivity contribution < 1.29 is 4.74 Å². The number of hydrogen-bond acceptors (Lipinski definition) is 5. The van der Waals surface area contributed by atoms with E-state index in [9.17, 15) is 0 Å². The zero-order valence-corrected chi connectivity index (χ0v) is 11.9. The minimum Gasteiger partial charge on any atom is -0.467 e. The van der Waals surface area contributed by atoms with E-state index < -0.39 is 0 Å². The molecule has 0 fully saturated rings. The molecule has 18 heavy (non-hydrogen) atoms. The van der Waals surface area contributed by atoms with Gasteiger partial charge in [-0.1, -0.05) is 28.1 Å². The van der Waals surface area contributed by atoms with Crippen LogP contribution in [0.1, 0.15) is 5.56 Å². The van der Waals surface area contributed by atoms with Crippen LogP contribution in [0, 0.1) is 0 Å². The molecule has 0 saturated carbocycles. The van der Waals surface area contributed by atoms with Crippen LogP contribution in [0.25, 0.3) is 0 Å². The first-order chi connectivity index (χ1) is 8.67. The fraction of sp³-hybridized carbons (Fsp3) is 0.182. The molecule has 0 aliphatic heterocycles. The average molecular weight is 330 g/mol. The summed E-state index contributed by atoms with van der Waals surface area (Å²) >= 11 is 9.13. The molecule has 1 N–H and O–H groups in total. The Morgan fingerprint density at radius 3 is 2.61 bits per heavy atom. The zero-order valence-electron chi connectivity index (χ0n) is 9.52. The van der Waals surface area contributed by atoms with Crippen LogP contribution in [-0.2, 0) is 6.54 Å². The number of aromatic nitrogens is 3. The normalized spacial score (nSPS) is 10.2. The monoisotopic (exact) mass is 328 g/mol. The molecule has 0 spiro atoms. The van der Waals surface area contributed by atoms with Gasteiger partial charge in [-0.2, -0.15) is 15.0 Å². The number of methoxy groups -OCH3 is 1. The van der Waals surface area contributed by atoms with E-state index in [4.69, 9.17) is 16.3 Å². The van der Waals surface area contributed by atoms with Crippen LogP contribution in [0.5, 0.6) is 6.01 Å². The highest BCUT2D eigenvalue weighted by Gasteiger charge is 2.04. The highest BCUT2D eigenvalue weighted by Crippen LogP contribution is 2.13. The fourth-order valence-electron chi connectivity index (χ4n) is 1.29. The third-order valence-electron chi connectivity index (χ3n) is 2.13. The third kappa shape index (κ3) is 3.54. The van der Waals surface area contributed by atoms with Gasteiger partial charge in [0.1, 0.15) is 0 Å². The Balaban J connectivity index is 2.05. The highest BCUT2D eigenvalue weighted by atomic mass is 79.9. The number of nitrogens with one attached hydrogen (secondary N) is 1. The van der Waals surface area contributed by atoms with Crippen LogP contribution >= 0.6 is 27.5 Å². The lowest BCUT2D eigenvalue weighted by Gasteiger charge is -2.06. The predicted molar refractivity (Wildman–Crippen MR) is 72.9 cm³/mol. The van der Waals surface area contributed by atoms with E-state index in [1.807, 2.05) is 24.3 Å². The zero-order chi connectivity index (χ0) is 13.0. The van der Waals surface area contributed by atoms with Crippen molar-refractivity contribution in [1.82, 2.24) is 15.0 Å². The van der Waals surface area contributed by atoms with Gasteiger partial charge >= 0.3 is 6.01 Å². The van der Waals surface area contributed by atoms with Gasteiger partial charge in [0, 0.05) is 11.0 Å². The SMILES string of the molecule is COc1nc(Cl)nc(NCc2ccc(Br)cc2)n1. The number of hydrogen-bond donors (Lipinski definition) is 1. The molecule has 1 aromatic carbocycles. The lowest BCUT2D eigenvalue weighted by Crippen LogP contribution is -2.06. The van der Waals surface area contributed by atoms with Crippen molar-refractivity contribution >= 4 is 33.5 Å². The van der Waals surface area contributed by atoms with Crippen molar-refractivity contribution in [2.45, 2.75) is 6.54 Å². The van der Waals surface area contributed by atoms with Gasteiger partial charge in [0.2, 0.25) is 11.2 Å². The second-order valence-corrected chi connectivity index (χ2v) is 4.65. The number of ether oxygens (including phenoxy) is 1. The maximum Gasteiger partial charge on any atom is 0.322 e. The molecule has 2 rings (SSSR count). The third-order valence-corrected chi connectivity index (χ3v) is 2.83. The first-order valence-corrected chi connectivity index (χ1v) is 6.28. The van der Waals surface area contributed by atoms with Crippen molar-refractivity contribution in [3.8, 4) is 6.01 Å². The first kappa shape index (κ1) is 13.0. The van der Waals surface area contributed by atoms with Crippen LogP contribution in [0.3, 0.4) is 0 Å². The summed E-state index contributed by atoms with van der Waals surface area (Å²) in [4.78, 5) is 11.8. The summed E-state index contributed by atoms with van der Waals surface area (Å²) in [6.45, 7) is 0.594. The maximum atomic E-state index is 5.74. The van der Waals surface area contributed by atoms with Gasteiger partial charge in [0.15, 0.2) is 0 Å². The van der Waals surface area contributed by atoms with Crippen molar-refractivity contribution in [1.29, 1.82) is 0 Å². The summed E-state index contributed by atoms with van der Waals surface area (Å²) in [5.74, 6) is 0.384. The lowest BCUT2D eigenvalue weighted by atomic mass is 10.2. The molecule has 0 amide bonds. The maximum absolute atomic E-state index is 5.74.